The number of rotatable bonds is 8. The lowest BCUT2D eigenvalue weighted by Crippen LogP contribution is -2.75. The summed E-state index contributed by atoms with van der Waals surface area (Å²) in [6.07, 6.45) is 6.58. The zero-order valence-corrected chi connectivity index (χ0v) is 18.8. The minimum atomic E-state index is -0.709. The highest BCUT2D eigenvalue weighted by Crippen LogP contribution is 2.37. The Kier molecular flexibility index (Phi) is 7.83. The van der Waals surface area contributed by atoms with Gasteiger partial charge in [0.05, 0.1) is 0 Å². The molecule has 0 aromatic rings. The van der Waals surface area contributed by atoms with Crippen LogP contribution in [0.4, 0.5) is 0 Å². The zero-order chi connectivity index (χ0) is 20.1. The molecular weight excluding hydrogens is 378 g/mol. The Labute approximate surface area is 174 Å². The van der Waals surface area contributed by atoms with Gasteiger partial charge < -0.3 is 25.8 Å². The molecule has 2 rings (SSSR count). The Morgan fingerprint density at radius 2 is 1.96 bits per heavy atom. The summed E-state index contributed by atoms with van der Waals surface area (Å²) in [5, 5.41) is 11.1. The summed E-state index contributed by atoms with van der Waals surface area (Å²) < 4.78 is 0. The molecule has 2 saturated heterocycles. The summed E-state index contributed by atoms with van der Waals surface area (Å²) >= 11 is 11.4. The fourth-order valence-electron chi connectivity index (χ4n) is 4.14. The third kappa shape index (κ3) is 4.54. The van der Waals surface area contributed by atoms with E-state index in [0.717, 1.165) is 50.6 Å². The van der Waals surface area contributed by atoms with Crippen molar-refractivity contribution in [3.63, 3.8) is 0 Å². The van der Waals surface area contributed by atoms with Gasteiger partial charge in [0.1, 0.15) is 11.2 Å². The largest absolute Gasteiger partial charge is 0.363 e. The van der Waals surface area contributed by atoms with Gasteiger partial charge in [-0.2, -0.15) is 0 Å². The average Bonchev–Trinajstić information content (AvgIpc) is 2.84. The third-order valence-corrected chi connectivity index (χ3v) is 6.23. The fourth-order valence-corrected chi connectivity index (χ4v) is 5.00. The predicted octanol–water partition coefficient (Wildman–Crippen LogP) is 2.34. The van der Waals surface area contributed by atoms with E-state index in [9.17, 15) is 4.79 Å². The summed E-state index contributed by atoms with van der Waals surface area (Å²) in [5.41, 5.74) is -1.15. The quantitative estimate of drug-likeness (QED) is 0.417. The van der Waals surface area contributed by atoms with Gasteiger partial charge in [0.15, 0.2) is 10.2 Å². The lowest BCUT2D eigenvalue weighted by atomic mass is 9.90. The molecular formula is C19H35N5OS2. The highest BCUT2D eigenvalue weighted by molar-refractivity contribution is 7.80. The minimum absolute atomic E-state index is 0.0432. The fraction of sp³-hybridized carbons (Fsp3) is 0.842. The molecule has 2 fully saturated rings. The van der Waals surface area contributed by atoms with Crippen LogP contribution in [0.15, 0.2) is 0 Å². The van der Waals surface area contributed by atoms with Crippen LogP contribution in [0.1, 0.15) is 66.2 Å². The van der Waals surface area contributed by atoms with Crippen molar-refractivity contribution < 1.29 is 4.79 Å². The average molecular weight is 414 g/mol. The van der Waals surface area contributed by atoms with Crippen molar-refractivity contribution in [3.8, 4) is 0 Å². The van der Waals surface area contributed by atoms with E-state index in [1.807, 2.05) is 13.8 Å². The van der Waals surface area contributed by atoms with E-state index < -0.39 is 11.2 Å². The van der Waals surface area contributed by atoms with Crippen LogP contribution in [-0.2, 0) is 4.79 Å². The second-order valence-corrected chi connectivity index (χ2v) is 8.78. The van der Waals surface area contributed by atoms with Gasteiger partial charge in [0.25, 0.3) is 5.91 Å². The van der Waals surface area contributed by atoms with Gasteiger partial charge in [-0.3, -0.25) is 4.79 Å². The molecule has 0 aromatic carbocycles. The number of unbranched alkanes of at least 4 members (excludes halogenated alkanes) is 3. The summed E-state index contributed by atoms with van der Waals surface area (Å²) in [6, 6.07) is 0. The van der Waals surface area contributed by atoms with E-state index in [4.69, 9.17) is 24.4 Å². The second-order valence-electron chi connectivity index (χ2n) is 8.01. The molecule has 154 valence electrons. The van der Waals surface area contributed by atoms with Crippen molar-refractivity contribution in [1.29, 1.82) is 0 Å². The molecule has 2 aliphatic rings. The van der Waals surface area contributed by atoms with Crippen LogP contribution in [0.5, 0.6) is 0 Å². The molecule has 0 spiro atoms. The molecule has 0 bridgehead atoms. The first kappa shape index (κ1) is 22.3. The van der Waals surface area contributed by atoms with E-state index in [-0.39, 0.29) is 5.91 Å². The molecule has 0 aliphatic carbocycles. The first-order chi connectivity index (χ1) is 12.8. The van der Waals surface area contributed by atoms with E-state index in [1.165, 1.54) is 19.3 Å². The number of hydrogen-bond acceptors (Lipinski definition) is 4. The van der Waals surface area contributed by atoms with Crippen LogP contribution in [-0.4, -0.2) is 63.3 Å². The molecule has 0 saturated carbocycles. The van der Waals surface area contributed by atoms with Crippen molar-refractivity contribution in [2.24, 2.45) is 0 Å². The van der Waals surface area contributed by atoms with E-state index >= 15 is 0 Å². The van der Waals surface area contributed by atoms with Crippen LogP contribution >= 0.6 is 24.4 Å². The van der Waals surface area contributed by atoms with Crippen LogP contribution in [0.2, 0.25) is 0 Å². The summed E-state index contributed by atoms with van der Waals surface area (Å²) in [4.78, 5) is 17.0. The summed E-state index contributed by atoms with van der Waals surface area (Å²) in [7, 11) is 0. The standard InChI is InChI=1S/C19H35N5OS2/c1-5-7-8-9-10-19(24-17(27)22-15(25)18(24,3)4)14-20-12-13-23(19)16(26)21-11-6-2/h20H,5-14H2,1-4H3,(H,21,26)(H,22,25,27). The maximum Gasteiger partial charge on any atom is 0.251 e. The summed E-state index contributed by atoms with van der Waals surface area (Å²) in [6.45, 7) is 11.5. The number of carbonyl (C=O) groups is 1. The molecule has 1 unspecified atom stereocenters. The normalized spacial score (nSPS) is 24.9. The minimum Gasteiger partial charge on any atom is -0.363 e. The number of piperazine rings is 1. The highest BCUT2D eigenvalue weighted by atomic mass is 32.1. The topological polar surface area (TPSA) is 59.6 Å². The number of thiocarbonyl (C=S) groups is 2. The van der Waals surface area contributed by atoms with Gasteiger partial charge >= 0.3 is 0 Å². The molecule has 6 nitrogen and oxygen atoms in total. The van der Waals surface area contributed by atoms with Gasteiger partial charge in [-0.05, 0) is 57.5 Å². The van der Waals surface area contributed by atoms with Crippen molar-refractivity contribution in [2.45, 2.75) is 77.4 Å². The molecule has 3 N–H and O–H groups in total. The summed E-state index contributed by atoms with van der Waals surface area (Å²) in [5.74, 6) is -0.0432. The molecule has 2 aliphatic heterocycles. The zero-order valence-electron chi connectivity index (χ0n) is 17.2. The SMILES string of the molecule is CCCCCCC1(N2C(=S)NC(=O)C2(C)C)CNCCN1C(=S)NCCC. The Balaban J connectivity index is 2.39. The number of nitrogens with one attached hydrogen (secondary N) is 3. The molecule has 1 atom stereocenters. The van der Waals surface area contributed by atoms with E-state index in [2.05, 4.69) is 39.6 Å². The van der Waals surface area contributed by atoms with Gasteiger partial charge in [-0.15, -0.1) is 0 Å². The van der Waals surface area contributed by atoms with Crippen LogP contribution in [0, 0.1) is 0 Å². The highest BCUT2D eigenvalue weighted by Gasteiger charge is 2.56. The molecule has 8 heteroatoms. The van der Waals surface area contributed by atoms with Crippen molar-refractivity contribution in [1.82, 2.24) is 25.8 Å². The first-order valence-electron chi connectivity index (χ1n) is 10.2. The lowest BCUT2D eigenvalue weighted by molar-refractivity contribution is -0.130. The third-order valence-electron chi connectivity index (χ3n) is 5.58. The molecule has 0 aromatic heterocycles. The number of carbonyl (C=O) groups excluding carboxylic acids is 1. The first-order valence-corrected chi connectivity index (χ1v) is 11.0. The Bertz CT molecular complexity index is 568. The van der Waals surface area contributed by atoms with E-state index in [0.29, 0.717) is 5.11 Å². The maximum absolute atomic E-state index is 12.6. The second kappa shape index (κ2) is 9.47. The number of hydrogen-bond donors (Lipinski definition) is 3. The van der Waals surface area contributed by atoms with Gasteiger partial charge in [-0.1, -0.05) is 33.1 Å². The van der Waals surface area contributed by atoms with Crippen LogP contribution < -0.4 is 16.0 Å². The Morgan fingerprint density at radius 3 is 2.56 bits per heavy atom. The van der Waals surface area contributed by atoms with Gasteiger partial charge in [0, 0.05) is 26.2 Å². The monoisotopic (exact) mass is 413 g/mol. The van der Waals surface area contributed by atoms with Crippen molar-refractivity contribution >= 4 is 40.6 Å². The lowest BCUT2D eigenvalue weighted by Gasteiger charge is -2.56. The molecule has 27 heavy (non-hydrogen) atoms. The van der Waals surface area contributed by atoms with Crippen molar-refractivity contribution in [2.75, 3.05) is 26.2 Å². The van der Waals surface area contributed by atoms with Crippen LogP contribution in [0.3, 0.4) is 0 Å². The smallest absolute Gasteiger partial charge is 0.251 e. The van der Waals surface area contributed by atoms with Gasteiger partial charge in [-0.25, -0.2) is 0 Å². The maximum atomic E-state index is 12.6. The van der Waals surface area contributed by atoms with E-state index in [1.54, 1.807) is 0 Å². The predicted molar refractivity (Wildman–Crippen MR) is 119 cm³/mol. The Hall–Kier alpha value is -0.990. The van der Waals surface area contributed by atoms with Crippen molar-refractivity contribution in [3.05, 3.63) is 0 Å². The molecule has 1 amide bonds. The van der Waals surface area contributed by atoms with Crippen LogP contribution in [0.25, 0.3) is 0 Å². The number of amides is 1. The Morgan fingerprint density at radius 1 is 1.22 bits per heavy atom. The molecule has 0 radical (unpaired) electrons. The molecule has 2 heterocycles. The number of nitrogens with zero attached hydrogens (tertiary/aromatic N) is 2. The van der Waals surface area contributed by atoms with Gasteiger partial charge in [0.2, 0.25) is 0 Å².